The molecule has 0 aromatic heterocycles. The molecule has 1 aromatic rings. The van der Waals surface area contributed by atoms with Gasteiger partial charge in [0.15, 0.2) is 0 Å². The molecule has 1 rings (SSSR count). The van der Waals surface area contributed by atoms with E-state index in [1.165, 1.54) is 13.2 Å². The molecule has 6 nitrogen and oxygen atoms in total. The Bertz CT molecular complexity index is 453. The molecule has 0 saturated heterocycles. The maximum absolute atomic E-state index is 11.9. The second-order valence-electron chi connectivity index (χ2n) is 3.68. The Kier molecular flexibility index (Phi) is 6.11. The summed E-state index contributed by atoms with van der Waals surface area (Å²) in [6.07, 6.45) is 0. The van der Waals surface area contributed by atoms with Gasteiger partial charge in [0.2, 0.25) is 0 Å². The van der Waals surface area contributed by atoms with Gasteiger partial charge in [-0.2, -0.15) is 0 Å². The maximum atomic E-state index is 11.9. The summed E-state index contributed by atoms with van der Waals surface area (Å²) in [7, 11) is 1.51. The molecule has 0 fully saturated rings. The first-order valence-electron chi connectivity index (χ1n) is 5.56. The number of aliphatic carboxylic acids is 1. The number of carbonyl (C=O) groups is 2. The van der Waals surface area contributed by atoms with Crippen LogP contribution < -0.4 is 10.2 Å². The minimum atomic E-state index is -1.11. The molecule has 0 atom stereocenters. The van der Waals surface area contributed by atoms with Crippen LogP contribution in [0.5, 0.6) is 0 Å². The van der Waals surface area contributed by atoms with Gasteiger partial charge in [-0.1, -0.05) is 17.7 Å². The van der Waals surface area contributed by atoms with Gasteiger partial charge in [-0.25, -0.2) is 4.79 Å². The van der Waals surface area contributed by atoms with E-state index < -0.39 is 18.5 Å². The van der Waals surface area contributed by atoms with Gasteiger partial charge in [-0.05, 0) is 18.2 Å². The lowest BCUT2D eigenvalue weighted by Gasteiger charge is -2.21. The lowest BCUT2D eigenvalue weighted by molar-refractivity contribution is -0.135. The minimum Gasteiger partial charge on any atom is -0.480 e. The second-order valence-corrected chi connectivity index (χ2v) is 4.12. The summed E-state index contributed by atoms with van der Waals surface area (Å²) < 4.78 is 4.81. The Labute approximate surface area is 115 Å². The second kappa shape index (κ2) is 7.60. The van der Waals surface area contributed by atoms with Gasteiger partial charge in [-0.15, -0.1) is 0 Å². The number of ether oxygens (including phenoxy) is 1. The van der Waals surface area contributed by atoms with Gasteiger partial charge >= 0.3 is 12.0 Å². The number of rotatable bonds is 6. The number of carboxylic acid groups (broad SMARTS) is 1. The number of methoxy groups -OCH3 is 1. The lowest BCUT2D eigenvalue weighted by atomic mass is 10.3. The molecule has 0 aliphatic rings. The molecule has 0 saturated carbocycles. The molecule has 0 bridgehead atoms. The van der Waals surface area contributed by atoms with Crippen LogP contribution in [0.15, 0.2) is 24.3 Å². The summed E-state index contributed by atoms with van der Waals surface area (Å²) >= 11 is 5.83. The number of carbonyl (C=O) groups excluding carboxylic acids is 1. The van der Waals surface area contributed by atoms with Crippen molar-refractivity contribution in [3.63, 3.8) is 0 Å². The van der Waals surface area contributed by atoms with Crippen molar-refractivity contribution in [1.82, 2.24) is 5.32 Å². The monoisotopic (exact) mass is 286 g/mol. The highest BCUT2D eigenvalue weighted by Gasteiger charge is 2.18. The summed E-state index contributed by atoms with van der Waals surface area (Å²) in [4.78, 5) is 23.8. The average molecular weight is 287 g/mol. The van der Waals surface area contributed by atoms with Crippen LogP contribution in [0, 0.1) is 0 Å². The predicted octanol–water partition coefficient (Wildman–Crippen LogP) is 1.59. The Morgan fingerprint density at radius 3 is 2.79 bits per heavy atom. The largest absolute Gasteiger partial charge is 0.480 e. The zero-order chi connectivity index (χ0) is 14.3. The number of benzene rings is 1. The topological polar surface area (TPSA) is 78.9 Å². The van der Waals surface area contributed by atoms with E-state index in [0.29, 0.717) is 23.9 Å². The Hall–Kier alpha value is -1.79. The molecule has 7 heteroatoms. The van der Waals surface area contributed by atoms with Crippen molar-refractivity contribution in [2.45, 2.75) is 0 Å². The number of urea groups is 1. The third-order valence-corrected chi connectivity index (χ3v) is 2.48. The molecular formula is C12H15ClN2O4. The van der Waals surface area contributed by atoms with Gasteiger partial charge < -0.3 is 15.2 Å². The molecule has 104 valence electrons. The summed E-state index contributed by atoms with van der Waals surface area (Å²) in [5.74, 6) is -1.11. The van der Waals surface area contributed by atoms with Crippen LogP contribution in [0.25, 0.3) is 0 Å². The van der Waals surface area contributed by atoms with E-state index in [4.69, 9.17) is 21.4 Å². The Morgan fingerprint density at radius 1 is 1.47 bits per heavy atom. The van der Waals surface area contributed by atoms with Crippen molar-refractivity contribution in [3.8, 4) is 0 Å². The Balaban J connectivity index is 2.82. The standard InChI is InChI=1S/C12H15ClN2O4/c1-19-6-5-14-12(18)15(8-11(16)17)10-4-2-3-9(13)7-10/h2-4,7H,5-6,8H2,1H3,(H,14,18)(H,16,17). The lowest BCUT2D eigenvalue weighted by Crippen LogP contribution is -2.44. The van der Waals surface area contributed by atoms with Crippen molar-refractivity contribution < 1.29 is 19.4 Å². The molecule has 2 amide bonds. The van der Waals surface area contributed by atoms with Gasteiger partial charge in [0.05, 0.1) is 6.61 Å². The van der Waals surface area contributed by atoms with Crippen LogP contribution in [0.1, 0.15) is 0 Å². The quantitative estimate of drug-likeness (QED) is 0.778. The summed E-state index contributed by atoms with van der Waals surface area (Å²) in [5.41, 5.74) is 0.421. The number of hydrogen-bond acceptors (Lipinski definition) is 3. The van der Waals surface area contributed by atoms with E-state index in [1.54, 1.807) is 18.2 Å². The first kappa shape index (κ1) is 15.3. The van der Waals surface area contributed by atoms with Gasteiger partial charge in [0.25, 0.3) is 0 Å². The smallest absolute Gasteiger partial charge is 0.323 e. The van der Waals surface area contributed by atoms with E-state index >= 15 is 0 Å². The van der Waals surface area contributed by atoms with Gasteiger partial charge in [-0.3, -0.25) is 9.69 Å². The normalized spacial score (nSPS) is 10.0. The molecule has 0 heterocycles. The van der Waals surface area contributed by atoms with Crippen LogP contribution in [-0.4, -0.2) is 43.9 Å². The first-order valence-corrected chi connectivity index (χ1v) is 5.94. The fourth-order valence-corrected chi connectivity index (χ4v) is 1.60. The first-order chi connectivity index (χ1) is 9.04. The van der Waals surface area contributed by atoms with E-state index in [2.05, 4.69) is 5.32 Å². The zero-order valence-electron chi connectivity index (χ0n) is 10.4. The molecule has 0 aliphatic carbocycles. The van der Waals surface area contributed by atoms with Crippen LogP contribution in [-0.2, 0) is 9.53 Å². The molecule has 0 unspecified atom stereocenters. The number of nitrogens with zero attached hydrogens (tertiary/aromatic N) is 1. The van der Waals surface area contributed by atoms with Crippen LogP contribution in [0.3, 0.4) is 0 Å². The highest BCUT2D eigenvalue weighted by atomic mass is 35.5. The zero-order valence-corrected chi connectivity index (χ0v) is 11.2. The van der Waals surface area contributed by atoms with Gasteiger partial charge in [0.1, 0.15) is 6.54 Å². The number of anilines is 1. The van der Waals surface area contributed by atoms with E-state index in [1.807, 2.05) is 0 Å². The van der Waals surface area contributed by atoms with E-state index in [0.717, 1.165) is 4.90 Å². The number of amides is 2. The van der Waals surface area contributed by atoms with Crippen molar-refractivity contribution in [1.29, 1.82) is 0 Å². The SMILES string of the molecule is COCCNC(=O)N(CC(=O)O)c1cccc(Cl)c1. The highest BCUT2D eigenvalue weighted by Crippen LogP contribution is 2.19. The Morgan fingerprint density at radius 2 is 2.21 bits per heavy atom. The summed E-state index contributed by atoms with van der Waals surface area (Å²) in [6, 6.07) is 5.93. The summed E-state index contributed by atoms with van der Waals surface area (Å²) in [5, 5.41) is 11.8. The molecule has 0 aliphatic heterocycles. The van der Waals surface area contributed by atoms with Crippen molar-refractivity contribution in [3.05, 3.63) is 29.3 Å². The molecular weight excluding hydrogens is 272 g/mol. The number of halogens is 1. The van der Waals surface area contributed by atoms with Crippen molar-refractivity contribution in [2.75, 3.05) is 31.7 Å². The fourth-order valence-electron chi connectivity index (χ4n) is 1.42. The molecule has 19 heavy (non-hydrogen) atoms. The van der Waals surface area contributed by atoms with Crippen LogP contribution in [0.4, 0.5) is 10.5 Å². The predicted molar refractivity (Wildman–Crippen MR) is 71.7 cm³/mol. The molecule has 0 spiro atoms. The average Bonchev–Trinajstić information content (AvgIpc) is 2.36. The van der Waals surface area contributed by atoms with Crippen molar-refractivity contribution >= 4 is 29.3 Å². The molecule has 1 aromatic carbocycles. The van der Waals surface area contributed by atoms with E-state index in [-0.39, 0.29) is 0 Å². The van der Waals surface area contributed by atoms with Crippen molar-refractivity contribution in [2.24, 2.45) is 0 Å². The minimum absolute atomic E-state index is 0.298. The third-order valence-electron chi connectivity index (χ3n) is 2.24. The number of nitrogens with one attached hydrogen (secondary N) is 1. The third kappa shape index (κ3) is 5.15. The van der Waals surface area contributed by atoms with Crippen LogP contribution >= 0.6 is 11.6 Å². The highest BCUT2D eigenvalue weighted by molar-refractivity contribution is 6.30. The maximum Gasteiger partial charge on any atom is 0.323 e. The molecule has 0 radical (unpaired) electrons. The fraction of sp³-hybridized carbons (Fsp3) is 0.333. The van der Waals surface area contributed by atoms with E-state index in [9.17, 15) is 9.59 Å². The number of carboxylic acids is 1. The number of hydrogen-bond donors (Lipinski definition) is 2. The molecule has 2 N–H and O–H groups in total. The van der Waals surface area contributed by atoms with Crippen LogP contribution in [0.2, 0.25) is 5.02 Å². The van der Waals surface area contributed by atoms with Gasteiger partial charge in [0, 0.05) is 24.4 Å². The summed E-state index contributed by atoms with van der Waals surface area (Å²) in [6.45, 7) is 0.202.